The second kappa shape index (κ2) is 11.2. The van der Waals surface area contributed by atoms with Gasteiger partial charge in [-0.1, -0.05) is 17.3 Å². The molecule has 0 aliphatic heterocycles. The van der Waals surface area contributed by atoms with E-state index in [1.807, 2.05) is 0 Å². The Morgan fingerprint density at radius 1 is 1.13 bits per heavy atom. The Kier molecular flexibility index (Phi) is 7.95. The first-order valence-corrected chi connectivity index (χ1v) is 13.1. The Morgan fingerprint density at radius 3 is 2.63 bits per heavy atom. The molecule has 0 atom stereocenters. The van der Waals surface area contributed by atoms with Gasteiger partial charge >= 0.3 is 6.18 Å². The lowest BCUT2D eigenvalue weighted by Crippen LogP contribution is -2.15. The van der Waals surface area contributed by atoms with Crippen LogP contribution in [0.25, 0.3) is 12.2 Å². The summed E-state index contributed by atoms with van der Waals surface area (Å²) in [6.45, 7) is 2.05. The van der Waals surface area contributed by atoms with Gasteiger partial charge in [0, 0.05) is 17.8 Å². The van der Waals surface area contributed by atoms with Gasteiger partial charge in [0.1, 0.15) is 30.1 Å². The molecule has 0 aliphatic rings. The van der Waals surface area contributed by atoms with Crippen molar-refractivity contribution < 1.29 is 35.1 Å². The summed E-state index contributed by atoms with van der Waals surface area (Å²) in [5.41, 5.74) is 0.699. The van der Waals surface area contributed by atoms with Crippen molar-refractivity contribution >= 4 is 22.0 Å². The number of benzene rings is 2. The Hall–Kier alpha value is -4.00. The number of hydrogen-bond donors (Lipinski definition) is 0. The topological polar surface area (TPSA) is 100 Å². The Bertz CT molecular complexity index is 1530. The quantitative estimate of drug-likeness (QED) is 0.254. The maximum absolute atomic E-state index is 14.0. The molecule has 0 saturated heterocycles. The highest BCUT2D eigenvalue weighted by molar-refractivity contribution is 7.90. The van der Waals surface area contributed by atoms with E-state index < -0.39 is 27.4 Å². The van der Waals surface area contributed by atoms with Gasteiger partial charge in [0.2, 0.25) is 5.89 Å². The molecule has 4 rings (SSSR count). The summed E-state index contributed by atoms with van der Waals surface area (Å²) in [4.78, 5) is 4.19. The number of halogens is 4. The molecule has 0 fully saturated rings. The van der Waals surface area contributed by atoms with Crippen LogP contribution in [0, 0.1) is 12.7 Å². The van der Waals surface area contributed by atoms with E-state index >= 15 is 0 Å². The average molecular weight is 551 g/mol. The predicted molar refractivity (Wildman–Crippen MR) is 130 cm³/mol. The van der Waals surface area contributed by atoms with Gasteiger partial charge in [-0.3, -0.25) is 4.68 Å². The van der Waals surface area contributed by atoms with Gasteiger partial charge < -0.3 is 9.15 Å². The van der Waals surface area contributed by atoms with Crippen molar-refractivity contribution in [3.8, 4) is 5.75 Å². The molecule has 38 heavy (non-hydrogen) atoms. The second-order valence-electron chi connectivity index (χ2n) is 8.38. The monoisotopic (exact) mass is 550 g/mol. The highest BCUT2D eigenvalue weighted by Gasteiger charge is 2.31. The minimum atomic E-state index is -4.63. The molecule has 0 unspecified atom stereocenters. The van der Waals surface area contributed by atoms with Crippen molar-refractivity contribution in [2.45, 2.75) is 32.0 Å². The number of alkyl halides is 3. The summed E-state index contributed by atoms with van der Waals surface area (Å²) in [6, 6.07) is 7.30. The zero-order chi connectivity index (χ0) is 27.3. The molecule has 0 spiro atoms. The summed E-state index contributed by atoms with van der Waals surface area (Å²) in [7, 11) is -3.37. The van der Waals surface area contributed by atoms with Crippen molar-refractivity contribution in [3.63, 3.8) is 0 Å². The lowest BCUT2D eigenvalue weighted by Gasteiger charge is -2.10. The zero-order valence-electron chi connectivity index (χ0n) is 20.0. The summed E-state index contributed by atoms with van der Waals surface area (Å²) >= 11 is 0. The van der Waals surface area contributed by atoms with E-state index in [0.29, 0.717) is 23.1 Å². The third kappa shape index (κ3) is 7.28. The molecule has 0 bridgehead atoms. The molecule has 0 N–H and O–H groups in total. The lowest BCUT2D eigenvalue weighted by atomic mass is 10.1. The molecule has 0 amide bonds. The molecule has 0 saturated carbocycles. The van der Waals surface area contributed by atoms with Crippen LogP contribution in [0.2, 0.25) is 0 Å². The molecule has 2 aromatic heterocycles. The molecule has 8 nitrogen and oxygen atoms in total. The van der Waals surface area contributed by atoms with Crippen LogP contribution in [-0.2, 0) is 34.9 Å². The molecule has 2 heterocycles. The van der Waals surface area contributed by atoms with Gasteiger partial charge in [-0.05, 0) is 48.4 Å². The van der Waals surface area contributed by atoms with Crippen molar-refractivity contribution in [2.75, 3.05) is 5.75 Å². The van der Waals surface area contributed by atoms with E-state index in [4.69, 9.17) is 9.15 Å². The highest BCUT2D eigenvalue weighted by atomic mass is 32.2. The smallest absolute Gasteiger partial charge is 0.416 e. The molecule has 2 aromatic carbocycles. The third-order valence-corrected chi connectivity index (χ3v) is 7.04. The fraction of sp³-hybridized carbons (Fsp3) is 0.240. The number of aryl methyl sites for hydroxylation is 2. The number of nitrogens with zero attached hydrogens (tertiary/aromatic N) is 4. The van der Waals surface area contributed by atoms with Crippen LogP contribution < -0.4 is 4.74 Å². The Morgan fingerprint density at radius 2 is 1.95 bits per heavy atom. The summed E-state index contributed by atoms with van der Waals surface area (Å²) in [5, 5.41) is 7.41. The SMILES string of the molecule is Cc1cc(OCc2coc(/C=C/c3ccc(C(F)(F)F)cc3F)n2)ccc1CS(=O)(=O)CCn1ccnn1. The van der Waals surface area contributed by atoms with E-state index in [2.05, 4.69) is 15.3 Å². The number of oxazole rings is 1. The number of rotatable bonds is 10. The molecule has 0 aliphatic carbocycles. The van der Waals surface area contributed by atoms with Crippen LogP contribution >= 0.6 is 0 Å². The molecular formula is C25H22F4N4O4S. The van der Waals surface area contributed by atoms with Crippen molar-refractivity contribution in [2.24, 2.45) is 0 Å². The van der Waals surface area contributed by atoms with Crippen LogP contribution in [0.1, 0.15) is 33.8 Å². The highest BCUT2D eigenvalue weighted by Crippen LogP contribution is 2.30. The van der Waals surface area contributed by atoms with Gasteiger partial charge in [0.05, 0.1) is 29.8 Å². The van der Waals surface area contributed by atoms with Crippen LogP contribution in [0.4, 0.5) is 17.6 Å². The maximum atomic E-state index is 14.0. The zero-order valence-corrected chi connectivity index (χ0v) is 20.8. The van der Waals surface area contributed by atoms with Gasteiger partial charge in [-0.15, -0.1) is 5.10 Å². The molecule has 13 heteroatoms. The fourth-order valence-corrected chi connectivity index (χ4v) is 4.84. The standard InChI is InChI=1S/C25H22F4N4O4S/c1-17-12-22(6-3-19(17)16-38(34,35)11-10-33-9-8-30-32-33)36-14-21-15-37-24(31-21)7-4-18-2-5-20(13-23(18)26)25(27,28)29/h2-9,12-13,15H,10-11,14,16H2,1H3/b7-4+. The van der Waals surface area contributed by atoms with Crippen LogP contribution in [0.5, 0.6) is 5.75 Å². The third-order valence-electron chi connectivity index (χ3n) is 5.48. The second-order valence-corrected chi connectivity index (χ2v) is 10.6. The number of aromatic nitrogens is 4. The van der Waals surface area contributed by atoms with Gasteiger partial charge in [0.15, 0.2) is 9.84 Å². The minimum Gasteiger partial charge on any atom is -0.487 e. The summed E-state index contributed by atoms with van der Waals surface area (Å²) < 4.78 is 89.4. The van der Waals surface area contributed by atoms with Crippen LogP contribution in [-0.4, -0.2) is 34.1 Å². The van der Waals surface area contributed by atoms with Gasteiger partial charge in [-0.25, -0.2) is 17.8 Å². The van der Waals surface area contributed by atoms with Crippen molar-refractivity contribution in [1.29, 1.82) is 0 Å². The largest absolute Gasteiger partial charge is 0.487 e. The van der Waals surface area contributed by atoms with Crippen LogP contribution in [0.3, 0.4) is 0 Å². The summed E-state index contributed by atoms with van der Waals surface area (Å²) in [5.74, 6) is -0.592. The minimum absolute atomic E-state index is 0.0426. The Balaban J connectivity index is 1.32. The van der Waals surface area contributed by atoms with Gasteiger partial charge in [0.25, 0.3) is 0 Å². The summed E-state index contributed by atoms with van der Waals surface area (Å²) in [6.07, 6.45) is 2.38. The molecule has 4 aromatic rings. The van der Waals surface area contributed by atoms with E-state index in [1.165, 1.54) is 29.3 Å². The lowest BCUT2D eigenvalue weighted by molar-refractivity contribution is -0.137. The van der Waals surface area contributed by atoms with Gasteiger partial charge in [-0.2, -0.15) is 13.2 Å². The number of ether oxygens (including phenoxy) is 1. The van der Waals surface area contributed by atoms with Crippen molar-refractivity contribution in [1.82, 2.24) is 20.0 Å². The fourth-order valence-electron chi connectivity index (χ4n) is 3.44. The molecule has 0 radical (unpaired) electrons. The van der Waals surface area contributed by atoms with E-state index in [0.717, 1.165) is 17.7 Å². The predicted octanol–water partition coefficient (Wildman–Crippen LogP) is 5.10. The molecular weight excluding hydrogens is 528 g/mol. The van der Waals surface area contributed by atoms with Crippen molar-refractivity contribution in [3.05, 3.63) is 94.7 Å². The first-order valence-electron chi connectivity index (χ1n) is 11.2. The van der Waals surface area contributed by atoms with Crippen LogP contribution in [0.15, 0.2) is 59.5 Å². The number of hydrogen-bond acceptors (Lipinski definition) is 7. The average Bonchev–Trinajstić information content (AvgIpc) is 3.54. The first kappa shape index (κ1) is 27.0. The maximum Gasteiger partial charge on any atom is 0.416 e. The Labute approximate surface area is 215 Å². The normalized spacial score (nSPS) is 12.3. The van der Waals surface area contributed by atoms with E-state index in [1.54, 1.807) is 31.3 Å². The molecule has 200 valence electrons. The van der Waals surface area contributed by atoms with E-state index in [-0.39, 0.29) is 36.1 Å². The van der Waals surface area contributed by atoms with E-state index in [9.17, 15) is 26.0 Å². The first-order chi connectivity index (χ1) is 18.0. The number of sulfone groups is 1.